The molecule has 4 nitrogen and oxygen atoms in total. The molecule has 0 aromatic carbocycles. The minimum Gasteiger partial charge on any atom is -0.341 e. The molecule has 1 aromatic rings. The zero-order valence-electron chi connectivity index (χ0n) is 9.44. The molecule has 83 valence electrons. The molecule has 0 unspecified atom stereocenters. The number of aromatic nitrogens is 2. The van der Waals surface area contributed by atoms with Crippen LogP contribution < -0.4 is 0 Å². The Kier molecular flexibility index (Phi) is 4.87. The van der Waals surface area contributed by atoms with E-state index in [9.17, 15) is 4.79 Å². The van der Waals surface area contributed by atoms with Gasteiger partial charge in [-0.3, -0.25) is 4.79 Å². The van der Waals surface area contributed by atoms with Crippen LogP contribution in [0, 0.1) is 6.20 Å². The standard InChI is InChI=1S/C11H18N3O/c1-3-6-14(7-4-2)11(15)9-13-8-5-12-10-13/h8,10H,3-4,6-7,9H2,1-2H3. The van der Waals surface area contributed by atoms with Gasteiger partial charge in [-0.2, -0.15) is 0 Å². The SMILES string of the molecule is CCCN(CCC)C(=O)Cn1c[c]nc1. The van der Waals surface area contributed by atoms with Crippen LogP contribution in [0.1, 0.15) is 26.7 Å². The van der Waals surface area contributed by atoms with Crippen molar-refractivity contribution in [2.45, 2.75) is 33.2 Å². The van der Waals surface area contributed by atoms with Gasteiger partial charge in [0.1, 0.15) is 12.7 Å². The summed E-state index contributed by atoms with van der Waals surface area (Å²) in [6.07, 6.45) is 7.99. The van der Waals surface area contributed by atoms with Gasteiger partial charge >= 0.3 is 0 Å². The summed E-state index contributed by atoms with van der Waals surface area (Å²) >= 11 is 0. The molecule has 1 rings (SSSR count). The Labute approximate surface area is 90.9 Å². The molecule has 1 heterocycles. The molecule has 0 fully saturated rings. The molecule has 0 saturated heterocycles. The van der Waals surface area contributed by atoms with Crippen LogP contribution in [0.4, 0.5) is 0 Å². The van der Waals surface area contributed by atoms with Gasteiger partial charge in [-0.05, 0) is 12.8 Å². The summed E-state index contributed by atoms with van der Waals surface area (Å²) in [5.41, 5.74) is 0. The Balaban J connectivity index is 2.48. The number of carbonyl (C=O) groups excluding carboxylic acids is 1. The smallest absolute Gasteiger partial charge is 0.242 e. The Morgan fingerprint density at radius 3 is 2.53 bits per heavy atom. The third kappa shape index (κ3) is 3.73. The Morgan fingerprint density at radius 1 is 1.40 bits per heavy atom. The molecule has 0 aliphatic rings. The number of rotatable bonds is 6. The molecule has 0 atom stereocenters. The summed E-state index contributed by atoms with van der Waals surface area (Å²) < 4.78 is 1.75. The Bertz CT molecular complexity index is 276. The first-order valence-electron chi connectivity index (χ1n) is 5.43. The molecule has 0 aliphatic carbocycles. The van der Waals surface area contributed by atoms with Gasteiger partial charge in [0.25, 0.3) is 0 Å². The van der Waals surface area contributed by atoms with Crippen molar-refractivity contribution < 1.29 is 4.79 Å². The van der Waals surface area contributed by atoms with Crippen molar-refractivity contribution >= 4 is 5.91 Å². The third-order valence-electron chi connectivity index (χ3n) is 2.16. The summed E-state index contributed by atoms with van der Waals surface area (Å²) in [7, 11) is 0. The van der Waals surface area contributed by atoms with Crippen LogP contribution in [0.2, 0.25) is 0 Å². The highest BCUT2D eigenvalue weighted by Crippen LogP contribution is 1.98. The summed E-state index contributed by atoms with van der Waals surface area (Å²) in [6.45, 7) is 6.22. The van der Waals surface area contributed by atoms with Gasteiger partial charge in [0, 0.05) is 19.3 Å². The van der Waals surface area contributed by atoms with Crippen molar-refractivity contribution in [2.75, 3.05) is 13.1 Å². The van der Waals surface area contributed by atoms with Crippen LogP contribution in [0.5, 0.6) is 0 Å². The van der Waals surface area contributed by atoms with Crippen LogP contribution in [-0.4, -0.2) is 33.4 Å². The minimum atomic E-state index is 0.158. The molecular formula is C11H18N3O. The van der Waals surface area contributed by atoms with E-state index in [0.29, 0.717) is 6.54 Å². The average Bonchev–Trinajstić information content (AvgIpc) is 2.70. The summed E-state index contributed by atoms with van der Waals surface area (Å²) in [5, 5.41) is 0. The number of nitrogens with zero attached hydrogens (tertiary/aromatic N) is 3. The average molecular weight is 208 g/mol. The highest BCUT2D eigenvalue weighted by Gasteiger charge is 2.11. The largest absolute Gasteiger partial charge is 0.341 e. The lowest BCUT2D eigenvalue weighted by molar-refractivity contribution is -0.131. The maximum absolute atomic E-state index is 11.9. The molecule has 0 spiro atoms. The first kappa shape index (κ1) is 11.8. The molecular weight excluding hydrogens is 190 g/mol. The van der Waals surface area contributed by atoms with Crippen molar-refractivity contribution in [2.24, 2.45) is 0 Å². The van der Waals surface area contributed by atoms with Gasteiger partial charge in [0.05, 0.1) is 6.33 Å². The molecule has 1 aromatic heterocycles. The first-order chi connectivity index (χ1) is 7.27. The van der Waals surface area contributed by atoms with Crippen molar-refractivity contribution in [1.29, 1.82) is 0 Å². The maximum atomic E-state index is 11.9. The first-order valence-corrected chi connectivity index (χ1v) is 5.43. The van der Waals surface area contributed by atoms with E-state index in [1.807, 2.05) is 4.90 Å². The molecule has 0 saturated carbocycles. The molecule has 4 heteroatoms. The second-order valence-electron chi connectivity index (χ2n) is 3.56. The Hall–Kier alpha value is -1.32. The number of carbonyl (C=O) groups is 1. The summed E-state index contributed by atoms with van der Waals surface area (Å²) in [4.78, 5) is 17.6. The van der Waals surface area contributed by atoms with Crippen molar-refractivity contribution in [3.05, 3.63) is 18.7 Å². The van der Waals surface area contributed by atoms with Crippen molar-refractivity contribution in [3.63, 3.8) is 0 Å². The second-order valence-corrected chi connectivity index (χ2v) is 3.56. The lowest BCUT2D eigenvalue weighted by atomic mass is 10.3. The molecule has 0 N–H and O–H groups in total. The summed E-state index contributed by atoms with van der Waals surface area (Å²) in [5.74, 6) is 0.158. The molecule has 0 bridgehead atoms. The van der Waals surface area contributed by atoms with Crippen LogP contribution in [0.25, 0.3) is 0 Å². The monoisotopic (exact) mass is 208 g/mol. The minimum absolute atomic E-state index is 0.158. The molecule has 0 aliphatic heterocycles. The van der Waals surface area contributed by atoms with Gasteiger partial charge in [0.15, 0.2) is 0 Å². The maximum Gasteiger partial charge on any atom is 0.242 e. The van der Waals surface area contributed by atoms with Crippen molar-refractivity contribution in [1.82, 2.24) is 14.5 Å². The van der Waals surface area contributed by atoms with E-state index < -0.39 is 0 Å². The quantitative estimate of drug-likeness (QED) is 0.707. The van der Waals surface area contributed by atoms with E-state index in [2.05, 4.69) is 25.0 Å². The second kappa shape index (κ2) is 6.22. The fourth-order valence-corrected chi connectivity index (χ4v) is 1.49. The van der Waals surface area contributed by atoms with E-state index in [1.54, 1.807) is 17.1 Å². The third-order valence-corrected chi connectivity index (χ3v) is 2.16. The van der Waals surface area contributed by atoms with E-state index >= 15 is 0 Å². The predicted octanol–water partition coefficient (Wildman–Crippen LogP) is 1.33. The normalized spacial score (nSPS) is 10.3. The van der Waals surface area contributed by atoms with Crippen molar-refractivity contribution in [3.8, 4) is 0 Å². The number of amides is 1. The van der Waals surface area contributed by atoms with Gasteiger partial charge in [-0.25, -0.2) is 4.98 Å². The molecule has 1 amide bonds. The fraction of sp³-hybridized carbons (Fsp3) is 0.636. The number of imidazole rings is 1. The van der Waals surface area contributed by atoms with E-state index in [4.69, 9.17) is 0 Å². The van der Waals surface area contributed by atoms with Crippen LogP contribution in [0.15, 0.2) is 12.5 Å². The lowest BCUT2D eigenvalue weighted by Crippen LogP contribution is -2.34. The van der Waals surface area contributed by atoms with Gasteiger partial charge in [0.2, 0.25) is 5.91 Å². The van der Waals surface area contributed by atoms with E-state index in [0.717, 1.165) is 25.9 Å². The Morgan fingerprint density at radius 2 is 2.07 bits per heavy atom. The predicted molar refractivity (Wildman–Crippen MR) is 58.2 cm³/mol. The zero-order valence-corrected chi connectivity index (χ0v) is 9.44. The molecule has 1 radical (unpaired) electrons. The van der Waals surface area contributed by atoms with Gasteiger partial charge in [-0.15, -0.1) is 0 Å². The highest BCUT2D eigenvalue weighted by atomic mass is 16.2. The van der Waals surface area contributed by atoms with Gasteiger partial charge < -0.3 is 9.47 Å². The molecule has 15 heavy (non-hydrogen) atoms. The highest BCUT2D eigenvalue weighted by molar-refractivity contribution is 5.75. The summed E-state index contributed by atoms with van der Waals surface area (Å²) in [6, 6.07) is 0. The fourth-order valence-electron chi connectivity index (χ4n) is 1.49. The van der Waals surface area contributed by atoms with Crippen LogP contribution >= 0.6 is 0 Å². The topological polar surface area (TPSA) is 38.1 Å². The lowest BCUT2D eigenvalue weighted by Gasteiger charge is -2.21. The van der Waals surface area contributed by atoms with E-state index in [1.165, 1.54) is 0 Å². The number of hydrogen-bond acceptors (Lipinski definition) is 2. The van der Waals surface area contributed by atoms with Crippen LogP contribution in [-0.2, 0) is 11.3 Å². The number of hydrogen-bond donors (Lipinski definition) is 0. The zero-order chi connectivity index (χ0) is 11.1. The van der Waals surface area contributed by atoms with E-state index in [-0.39, 0.29) is 5.91 Å². The van der Waals surface area contributed by atoms with Crippen LogP contribution in [0.3, 0.4) is 0 Å². The van der Waals surface area contributed by atoms with Gasteiger partial charge in [-0.1, -0.05) is 13.8 Å².